The van der Waals surface area contributed by atoms with E-state index in [-0.39, 0.29) is 12.5 Å². The van der Waals surface area contributed by atoms with Crippen molar-refractivity contribution in [2.45, 2.75) is 26.3 Å². The Hall–Kier alpha value is -3.28. The number of fused-ring (bicyclic) bond motifs is 1. The van der Waals surface area contributed by atoms with Gasteiger partial charge in [-0.2, -0.15) is 0 Å². The van der Waals surface area contributed by atoms with Crippen LogP contribution < -0.4 is 4.74 Å². The number of aryl methyl sites for hydroxylation is 1. The van der Waals surface area contributed by atoms with E-state index >= 15 is 0 Å². The van der Waals surface area contributed by atoms with Crippen molar-refractivity contribution in [3.05, 3.63) is 65.4 Å². The Morgan fingerprint density at radius 2 is 1.86 bits per heavy atom. The summed E-state index contributed by atoms with van der Waals surface area (Å²) in [6.07, 6.45) is 3.20. The molecule has 0 fully saturated rings. The predicted molar refractivity (Wildman–Crippen MR) is 107 cm³/mol. The second-order valence-corrected chi connectivity index (χ2v) is 6.76. The Morgan fingerprint density at radius 3 is 2.54 bits per heavy atom. The predicted octanol–water partition coefficient (Wildman–Crippen LogP) is 3.39. The molecule has 0 bridgehead atoms. The number of carboxylic acid groups (broad SMARTS) is 1. The van der Waals surface area contributed by atoms with Gasteiger partial charge in [0.2, 0.25) is 5.91 Å². The fraction of sp³-hybridized carbons (Fsp3) is 0.273. The summed E-state index contributed by atoms with van der Waals surface area (Å²) < 4.78 is 5.12. The van der Waals surface area contributed by atoms with E-state index in [9.17, 15) is 9.59 Å². The Bertz CT molecular complexity index is 976. The average Bonchev–Trinajstić information content (AvgIpc) is 3.10. The first kappa shape index (κ1) is 19.5. The zero-order valence-electron chi connectivity index (χ0n) is 16.1. The molecule has 0 aliphatic carbocycles. The first-order chi connectivity index (χ1) is 13.5. The van der Waals surface area contributed by atoms with Crippen LogP contribution >= 0.6 is 0 Å². The number of nitrogens with one attached hydrogen (secondary N) is 1. The van der Waals surface area contributed by atoms with Crippen molar-refractivity contribution in [2.75, 3.05) is 13.7 Å². The van der Waals surface area contributed by atoms with Gasteiger partial charge in [0.25, 0.3) is 0 Å². The molecule has 0 aliphatic rings. The van der Waals surface area contributed by atoms with Crippen LogP contribution in [0.25, 0.3) is 10.9 Å². The van der Waals surface area contributed by atoms with Gasteiger partial charge in [0.05, 0.1) is 6.42 Å². The van der Waals surface area contributed by atoms with Gasteiger partial charge in [-0.05, 0) is 35.2 Å². The number of nitrogens with zero attached hydrogens (tertiary/aromatic N) is 1. The Balaban J connectivity index is 1.63. The number of benzene rings is 2. The molecular weight excluding hydrogens is 356 g/mol. The third kappa shape index (κ3) is 4.52. The Morgan fingerprint density at radius 1 is 1.11 bits per heavy atom. The topological polar surface area (TPSA) is 82.6 Å². The lowest BCUT2D eigenvalue weighted by Crippen LogP contribution is -2.27. The number of H-pyrrole nitrogens is 1. The summed E-state index contributed by atoms with van der Waals surface area (Å²) in [6, 6.07) is 13.3. The second-order valence-electron chi connectivity index (χ2n) is 6.76. The van der Waals surface area contributed by atoms with Crippen molar-refractivity contribution >= 4 is 22.8 Å². The number of carboxylic acids is 1. The molecule has 0 aliphatic heterocycles. The number of aromatic amines is 1. The molecular formula is C22H24N2O4. The number of rotatable bonds is 8. The minimum atomic E-state index is -1.02. The summed E-state index contributed by atoms with van der Waals surface area (Å²) in [5, 5.41) is 9.74. The van der Waals surface area contributed by atoms with Crippen molar-refractivity contribution in [3.8, 4) is 5.75 Å². The van der Waals surface area contributed by atoms with Crippen LogP contribution in [0.1, 0.15) is 23.6 Å². The van der Waals surface area contributed by atoms with Crippen LogP contribution in [0.5, 0.6) is 5.75 Å². The Kier molecular flexibility index (Phi) is 5.99. The number of likely N-dealkylation sites (N-methyl/N-ethyl adjacent to an activating group) is 1. The van der Waals surface area contributed by atoms with Crippen molar-refractivity contribution < 1.29 is 19.4 Å². The number of carbonyl (C=O) groups excluding carboxylic acids is 1. The normalized spacial score (nSPS) is 10.8. The molecule has 6 heteroatoms. The number of aliphatic carboxylic acids is 1. The van der Waals surface area contributed by atoms with Crippen molar-refractivity contribution in [1.82, 2.24) is 9.88 Å². The molecule has 1 heterocycles. The van der Waals surface area contributed by atoms with E-state index in [1.807, 2.05) is 30.5 Å². The van der Waals surface area contributed by atoms with E-state index in [2.05, 4.69) is 18.0 Å². The molecule has 0 saturated carbocycles. The van der Waals surface area contributed by atoms with Crippen LogP contribution in [0.15, 0.2) is 48.7 Å². The smallest absolute Gasteiger partial charge is 0.341 e. The monoisotopic (exact) mass is 380 g/mol. The van der Waals surface area contributed by atoms with Crippen LogP contribution in [-0.4, -0.2) is 40.5 Å². The zero-order chi connectivity index (χ0) is 20.1. The number of aromatic nitrogens is 1. The van der Waals surface area contributed by atoms with E-state index in [1.54, 1.807) is 24.1 Å². The van der Waals surface area contributed by atoms with Crippen LogP contribution in [-0.2, 0) is 29.0 Å². The number of carbonyl (C=O) groups is 2. The maximum Gasteiger partial charge on any atom is 0.341 e. The first-order valence-electron chi connectivity index (χ1n) is 9.23. The van der Waals surface area contributed by atoms with Gasteiger partial charge in [0.15, 0.2) is 6.61 Å². The zero-order valence-corrected chi connectivity index (χ0v) is 16.1. The SMILES string of the molecule is CCc1cccc2c(CC(=O)N(C)Cc3ccc(OCC(=O)O)cc3)c[nH]c12. The fourth-order valence-corrected chi connectivity index (χ4v) is 3.21. The lowest BCUT2D eigenvalue weighted by molar-refractivity contribution is -0.139. The fourth-order valence-electron chi connectivity index (χ4n) is 3.21. The molecule has 2 aromatic carbocycles. The summed E-state index contributed by atoms with van der Waals surface area (Å²) >= 11 is 0. The van der Waals surface area contributed by atoms with Gasteiger partial charge in [-0.1, -0.05) is 37.3 Å². The van der Waals surface area contributed by atoms with Crippen molar-refractivity contribution in [1.29, 1.82) is 0 Å². The summed E-state index contributed by atoms with van der Waals surface area (Å²) in [5.74, 6) is -0.489. The molecule has 146 valence electrons. The third-order valence-corrected chi connectivity index (χ3v) is 4.74. The molecule has 0 unspecified atom stereocenters. The summed E-state index contributed by atoms with van der Waals surface area (Å²) in [6.45, 7) is 2.22. The second kappa shape index (κ2) is 8.61. The maximum atomic E-state index is 12.7. The highest BCUT2D eigenvalue weighted by Gasteiger charge is 2.14. The highest BCUT2D eigenvalue weighted by Crippen LogP contribution is 2.23. The minimum absolute atomic E-state index is 0.0361. The maximum absolute atomic E-state index is 12.7. The van der Waals surface area contributed by atoms with Gasteiger partial charge in [-0.3, -0.25) is 4.79 Å². The quantitative estimate of drug-likeness (QED) is 0.627. The highest BCUT2D eigenvalue weighted by atomic mass is 16.5. The molecule has 3 aromatic rings. The van der Waals surface area contributed by atoms with E-state index < -0.39 is 5.97 Å². The average molecular weight is 380 g/mol. The largest absolute Gasteiger partial charge is 0.482 e. The van der Waals surface area contributed by atoms with E-state index in [1.165, 1.54) is 5.56 Å². The lowest BCUT2D eigenvalue weighted by Gasteiger charge is -2.17. The summed E-state index contributed by atoms with van der Waals surface area (Å²) in [4.78, 5) is 28.2. The molecule has 28 heavy (non-hydrogen) atoms. The number of hydrogen-bond acceptors (Lipinski definition) is 3. The number of amides is 1. The van der Waals surface area contributed by atoms with E-state index in [4.69, 9.17) is 9.84 Å². The number of hydrogen-bond donors (Lipinski definition) is 2. The molecule has 6 nitrogen and oxygen atoms in total. The first-order valence-corrected chi connectivity index (χ1v) is 9.23. The van der Waals surface area contributed by atoms with Crippen LogP contribution in [0.2, 0.25) is 0 Å². The van der Waals surface area contributed by atoms with Gasteiger partial charge in [-0.25, -0.2) is 4.79 Å². The van der Waals surface area contributed by atoms with Crippen LogP contribution in [0, 0.1) is 0 Å². The Labute approximate surface area is 163 Å². The lowest BCUT2D eigenvalue weighted by atomic mass is 10.1. The molecule has 1 amide bonds. The number of para-hydroxylation sites is 1. The van der Waals surface area contributed by atoms with Crippen molar-refractivity contribution in [2.24, 2.45) is 0 Å². The molecule has 0 spiro atoms. The van der Waals surface area contributed by atoms with Gasteiger partial charge in [0.1, 0.15) is 5.75 Å². The highest BCUT2D eigenvalue weighted by molar-refractivity contribution is 5.90. The van der Waals surface area contributed by atoms with Crippen LogP contribution in [0.4, 0.5) is 0 Å². The molecule has 0 radical (unpaired) electrons. The van der Waals surface area contributed by atoms with Gasteiger partial charge in [0, 0.05) is 30.7 Å². The van der Waals surface area contributed by atoms with Crippen molar-refractivity contribution in [3.63, 3.8) is 0 Å². The molecule has 0 atom stereocenters. The van der Waals surface area contributed by atoms with Gasteiger partial charge < -0.3 is 19.7 Å². The minimum Gasteiger partial charge on any atom is -0.482 e. The molecule has 1 aromatic heterocycles. The van der Waals surface area contributed by atoms with Gasteiger partial charge >= 0.3 is 5.97 Å². The van der Waals surface area contributed by atoms with Crippen LogP contribution in [0.3, 0.4) is 0 Å². The van der Waals surface area contributed by atoms with Gasteiger partial charge in [-0.15, -0.1) is 0 Å². The standard InChI is InChI=1S/C22H24N2O4/c1-3-16-5-4-6-19-17(12-23-22(16)19)11-20(25)24(2)13-15-7-9-18(10-8-15)28-14-21(26)27/h4-10,12,23H,3,11,13-14H2,1-2H3,(H,26,27). The van der Waals surface area contributed by atoms with E-state index in [0.717, 1.165) is 28.5 Å². The third-order valence-electron chi connectivity index (χ3n) is 4.74. The molecule has 2 N–H and O–H groups in total. The summed E-state index contributed by atoms with van der Waals surface area (Å²) in [7, 11) is 1.78. The summed E-state index contributed by atoms with van der Waals surface area (Å²) in [5.41, 5.74) is 4.30. The van der Waals surface area contributed by atoms with E-state index in [0.29, 0.717) is 18.7 Å². The molecule has 0 saturated heterocycles. The number of ether oxygens (including phenoxy) is 1. The molecule has 3 rings (SSSR count).